The summed E-state index contributed by atoms with van der Waals surface area (Å²) in [6.07, 6.45) is -0.744. The maximum absolute atomic E-state index is 13.3. The summed E-state index contributed by atoms with van der Waals surface area (Å²) in [5.74, 6) is -0.336. The Labute approximate surface area is 90.3 Å². The second kappa shape index (κ2) is 5.83. The number of hydrogen-bond acceptors (Lipinski definition) is 2. The van der Waals surface area contributed by atoms with Gasteiger partial charge in [0.2, 0.25) is 0 Å². The van der Waals surface area contributed by atoms with Gasteiger partial charge in [0.15, 0.2) is 0 Å². The van der Waals surface area contributed by atoms with E-state index in [4.69, 9.17) is 0 Å². The van der Waals surface area contributed by atoms with Gasteiger partial charge in [0.1, 0.15) is 5.82 Å². The van der Waals surface area contributed by atoms with E-state index < -0.39 is 6.10 Å². The monoisotopic (exact) mass is 211 g/mol. The summed E-state index contributed by atoms with van der Waals surface area (Å²) >= 11 is 0. The van der Waals surface area contributed by atoms with E-state index in [2.05, 4.69) is 4.90 Å². The lowest BCUT2D eigenvalue weighted by atomic mass is 10.1. The van der Waals surface area contributed by atoms with Crippen molar-refractivity contribution in [2.75, 3.05) is 19.6 Å². The van der Waals surface area contributed by atoms with Crippen molar-refractivity contribution >= 4 is 0 Å². The molecule has 1 aromatic carbocycles. The summed E-state index contributed by atoms with van der Waals surface area (Å²) in [6, 6.07) is 6.37. The molecule has 0 radical (unpaired) electrons. The average Bonchev–Trinajstić information content (AvgIpc) is 2.26. The molecule has 2 nitrogen and oxygen atoms in total. The molecule has 84 valence electrons. The Hall–Kier alpha value is -0.930. The van der Waals surface area contributed by atoms with Crippen molar-refractivity contribution < 1.29 is 9.50 Å². The van der Waals surface area contributed by atoms with Crippen LogP contribution in [0.4, 0.5) is 4.39 Å². The molecule has 1 aromatic rings. The van der Waals surface area contributed by atoms with Gasteiger partial charge in [0.25, 0.3) is 0 Å². The van der Waals surface area contributed by atoms with Crippen LogP contribution >= 0.6 is 0 Å². The molecule has 0 saturated heterocycles. The van der Waals surface area contributed by atoms with Crippen LogP contribution in [0.25, 0.3) is 0 Å². The molecule has 1 atom stereocenters. The van der Waals surface area contributed by atoms with E-state index in [9.17, 15) is 9.50 Å². The Morgan fingerprint density at radius 1 is 1.27 bits per heavy atom. The van der Waals surface area contributed by atoms with Crippen molar-refractivity contribution in [1.82, 2.24) is 4.90 Å². The van der Waals surface area contributed by atoms with Gasteiger partial charge in [-0.05, 0) is 19.2 Å². The Bertz CT molecular complexity index is 299. The Morgan fingerprint density at radius 3 is 2.40 bits per heavy atom. The van der Waals surface area contributed by atoms with Crippen LogP contribution in [0, 0.1) is 5.82 Å². The van der Waals surface area contributed by atoms with Crippen LogP contribution in [0.5, 0.6) is 0 Å². The third kappa shape index (κ3) is 3.29. The van der Waals surface area contributed by atoms with Crippen molar-refractivity contribution in [3.63, 3.8) is 0 Å². The standard InChI is InChI=1S/C12H18FNO/c1-3-14(4-2)9-12(15)10-7-5-6-8-11(10)13/h5-8,12,15H,3-4,9H2,1-2H3. The zero-order chi connectivity index (χ0) is 11.3. The fraction of sp³-hybridized carbons (Fsp3) is 0.500. The molecule has 0 saturated carbocycles. The van der Waals surface area contributed by atoms with E-state index >= 15 is 0 Å². The number of hydrogen-bond donors (Lipinski definition) is 1. The Morgan fingerprint density at radius 2 is 1.87 bits per heavy atom. The first kappa shape index (κ1) is 12.1. The molecular formula is C12H18FNO. The lowest BCUT2D eigenvalue weighted by molar-refractivity contribution is 0.116. The molecule has 0 spiro atoms. The quantitative estimate of drug-likeness (QED) is 0.807. The molecular weight excluding hydrogens is 193 g/mol. The molecule has 0 fully saturated rings. The van der Waals surface area contributed by atoms with E-state index in [0.29, 0.717) is 12.1 Å². The van der Waals surface area contributed by atoms with Crippen molar-refractivity contribution in [3.05, 3.63) is 35.6 Å². The number of rotatable bonds is 5. The third-order valence-corrected chi connectivity index (χ3v) is 2.59. The highest BCUT2D eigenvalue weighted by Gasteiger charge is 2.14. The third-order valence-electron chi connectivity index (χ3n) is 2.59. The average molecular weight is 211 g/mol. The Balaban J connectivity index is 2.68. The number of likely N-dealkylation sites (N-methyl/N-ethyl adjacent to an activating group) is 1. The molecule has 1 rings (SSSR count). The zero-order valence-corrected chi connectivity index (χ0v) is 9.28. The summed E-state index contributed by atoms with van der Waals surface area (Å²) in [7, 11) is 0. The molecule has 0 aliphatic heterocycles. The highest BCUT2D eigenvalue weighted by atomic mass is 19.1. The lowest BCUT2D eigenvalue weighted by Gasteiger charge is -2.22. The highest BCUT2D eigenvalue weighted by Crippen LogP contribution is 2.17. The molecule has 0 amide bonds. The van der Waals surface area contributed by atoms with Crippen LogP contribution in [-0.4, -0.2) is 29.6 Å². The fourth-order valence-electron chi connectivity index (χ4n) is 1.57. The van der Waals surface area contributed by atoms with Gasteiger partial charge in [-0.25, -0.2) is 4.39 Å². The van der Waals surface area contributed by atoms with E-state index in [1.165, 1.54) is 6.07 Å². The maximum atomic E-state index is 13.3. The molecule has 0 aliphatic rings. The Kier molecular flexibility index (Phi) is 4.72. The topological polar surface area (TPSA) is 23.5 Å². The number of aliphatic hydroxyl groups is 1. The summed E-state index contributed by atoms with van der Waals surface area (Å²) in [6.45, 7) is 6.26. The minimum Gasteiger partial charge on any atom is -0.387 e. The number of nitrogens with zero attached hydrogens (tertiary/aromatic N) is 1. The second-order valence-electron chi connectivity index (χ2n) is 3.52. The van der Waals surface area contributed by atoms with E-state index in [1.807, 2.05) is 13.8 Å². The van der Waals surface area contributed by atoms with Crippen molar-refractivity contribution in [3.8, 4) is 0 Å². The fourth-order valence-corrected chi connectivity index (χ4v) is 1.57. The SMILES string of the molecule is CCN(CC)CC(O)c1ccccc1F. The molecule has 0 heterocycles. The number of aliphatic hydroxyl groups excluding tert-OH is 1. The van der Waals surface area contributed by atoms with Crippen LogP contribution in [0.1, 0.15) is 25.5 Å². The summed E-state index contributed by atoms with van der Waals surface area (Å²) in [5, 5.41) is 9.85. The van der Waals surface area contributed by atoms with Gasteiger partial charge in [-0.15, -0.1) is 0 Å². The van der Waals surface area contributed by atoms with Gasteiger partial charge in [-0.3, -0.25) is 0 Å². The minimum absolute atomic E-state index is 0.336. The van der Waals surface area contributed by atoms with E-state index in [0.717, 1.165) is 13.1 Å². The van der Waals surface area contributed by atoms with Gasteiger partial charge in [0.05, 0.1) is 6.10 Å². The summed E-state index contributed by atoms with van der Waals surface area (Å²) in [5.41, 5.74) is 0.379. The first-order chi connectivity index (χ1) is 7.19. The molecule has 1 N–H and O–H groups in total. The van der Waals surface area contributed by atoms with Crippen molar-refractivity contribution in [1.29, 1.82) is 0 Å². The molecule has 0 bridgehead atoms. The van der Waals surface area contributed by atoms with Crippen molar-refractivity contribution in [2.24, 2.45) is 0 Å². The van der Waals surface area contributed by atoms with E-state index in [-0.39, 0.29) is 5.82 Å². The second-order valence-corrected chi connectivity index (χ2v) is 3.52. The zero-order valence-electron chi connectivity index (χ0n) is 9.28. The highest BCUT2D eigenvalue weighted by molar-refractivity contribution is 5.19. The molecule has 3 heteroatoms. The van der Waals surface area contributed by atoms with Crippen LogP contribution in [0.3, 0.4) is 0 Å². The van der Waals surface area contributed by atoms with Crippen LogP contribution in [0.2, 0.25) is 0 Å². The molecule has 15 heavy (non-hydrogen) atoms. The number of halogens is 1. The van der Waals surface area contributed by atoms with Gasteiger partial charge in [-0.2, -0.15) is 0 Å². The van der Waals surface area contributed by atoms with Crippen LogP contribution < -0.4 is 0 Å². The van der Waals surface area contributed by atoms with Gasteiger partial charge >= 0.3 is 0 Å². The molecule has 1 unspecified atom stereocenters. The number of benzene rings is 1. The first-order valence-corrected chi connectivity index (χ1v) is 5.33. The lowest BCUT2D eigenvalue weighted by Crippen LogP contribution is -2.28. The summed E-state index contributed by atoms with van der Waals surface area (Å²) in [4.78, 5) is 2.07. The van der Waals surface area contributed by atoms with Crippen LogP contribution in [-0.2, 0) is 0 Å². The summed E-state index contributed by atoms with van der Waals surface area (Å²) < 4.78 is 13.3. The first-order valence-electron chi connectivity index (χ1n) is 5.33. The smallest absolute Gasteiger partial charge is 0.129 e. The minimum atomic E-state index is -0.744. The normalized spacial score (nSPS) is 13.1. The van der Waals surface area contributed by atoms with Gasteiger partial charge in [-0.1, -0.05) is 32.0 Å². The van der Waals surface area contributed by atoms with Gasteiger partial charge in [0, 0.05) is 12.1 Å². The predicted molar refractivity (Wildman–Crippen MR) is 59.1 cm³/mol. The predicted octanol–water partition coefficient (Wildman–Crippen LogP) is 2.20. The largest absolute Gasteiger partial charge is 0.387 e. The van der Waals surface area contributed by atoms with E-state index in [1.54, 1.807) is 18.2 Å². The maximum Gasteiger partial charge on any atom is 0.129 e. The molecule has 0 aromatic heterocycles. The van der Waals surface area contributed by atoms with Gasteiger partial charge < -0.3 is 10.0 Å². The molecule has 0 aliphatic carbocycles. The van der Waals surface area contributed by atoms with Crippen LogP contribution in [0.15, 0.2) is 24.3 Å². The van der Waals surface area contributed by atoms with Crippen molar-refractivity contribution in [2.45, 2.75) is 20.0 Å².